The third kappa shape index (κ3) is 3.93. The molecule has 1 aromatic rings. The molecule has 0 aromatic carbocycles. The fraction of sp³-hybridized carbons (Fsp3) is 0.556. The summed E-state index contributed by atoms with van der Waals surface area (Å²) in [7, 11) is 0. The number of aromatic nitrogens is 2. The van der Waals surface area contributed by atoms with E-state index in [1.54, 1.807) is 17.8 Å². The molecule has 1 aromatic heterocycles. The molecule has 0 aliphatic rings. The molecule has 15 heavy (non-hydrogen) atoms. The van der Waals surface area contributed by atoms with E-state index in [4.69, 9.17) is 5.73 Å². The van der Waals surface area contributed by atoms with Crippen LogP contribution in [0, 0.1) is 6.92 Å². The van der Waals surface area contributed by atoms with Crippen molar-refractivity contribution < 1.29 is 4.79 Å². The zero-order valence-corrected chi connectivity index (χ0v) is 9.73. The zero-order chi connectivity index (χ0) is 11.3. The topological polar surface area (TPSA) is 83.8 Å². The second-order valence-electron chi connectivity index (χ2n) is 3.31. The Morgan fingerprint density at radius 1 is 1.80 bits per heavy atom. The lowest BCUT2D eigenvalue weighted by Crippen LogP contribution is -2.36. The maximum Gasteiger partial charge on any atom is 0.242 e. The molecule has 4 N–H and O–H groups in total. The molecule has 0 aliphatic carbocycles. The number of nitrogens with one attached hydrogen (secondary N) is 2. The Morgan fingerprint density at radius 3 is 3.07 bits per heavy atom. The second kappa shape index (κ2) is 5.77. The van der Waals surface area contributed by atoms with Crippen LogP contribution in [-0.2, 0) is 4.79 Å². The van der Waals surface area contributed by atoms with Crippen LogP contribution in [0.25, 0.3) is 0 Å². The maximum absolute atomic E-state index is 11.5. The summed E-state index contributed by atoms with van der Waals surface area (Å²) in [5.74, 6) is 1.22. The summed E-state index contributed by atoms with van der Waals surface area (Å²) < 4.78 is 0. The Balaban J connectivity index is 2.41. The first-order valence-electron chi connectivity index (χ1n) is 4.71. The van der Waals surface area contributed by atoms with Crippen molar-refractivity contribution in [1.82, 2.24) is 10.2 Å². The fourth-order valence-corrected chi connectivity index (χ4v) is 1.57. The van der Waals surface area contributed by atoms with Crippen LogP contribution >= 0.6 is 11.8 Å². The summed E-state index contributed by atoms with van der Waals surface area (Å²) >= 11 is 1.68. The highest BCUT2D eigenvalue weighted by atomic mass is 32.2. The van der Waals surface area contributed by atoms with Gasteiger partial charge < -0.3 is 11.1 Å². The number of amides is 1. The lowest BCUT2D eigenvalue weighted by Gasteiger charge is -2.09. The fourth-order valence-electron chi connectivity index (χ4n) is 1.08. The Morgan fingerprint density at radius 2 is 2.53 bits per heavy atom. The summed E-state index contributed by atoms with van der Waals surface area (Å²) in [4.78, 5) is 11.5. The monoisotopic (exact) mass is 228 g/mol. The highest BCUT2D eigenvalue weighted by Gasteiger charge is 2.13. The predicted octanol–water partition coefficient (Wildman–Crippen LogP) is 0.737. The molecule has 0 bridgehead atoms. The molecule has 0 saturated carbocycles. The number of aromatic amines is 1. The van der Waals surface area contributed by atoms with E-state index in [1.807, 2.05) is 13.2 Å². The summed E-state index contributed by atoms with van der Waals surface area (Å²) in [5, 5.41) is 9.30. The minimum absolute atomic E-state index is 0.185. The van der Waals surface area contributed by atoms with Gasteiger partial charge in [-0.05, 0) is 25.4 Å². The molecule has 0 aliphatic heterocycles. The molecule has 0 fully saturated rings. The molecule has 1 rings (SSSR count). The number of nitrogens with two attached hydrogens (primary N) is 1. The molecule has 1 amide bonds. The molecule has 0 radical (unpaired) electrons. The maximum atomic E-state index is 11.5. The van der Waals surface area contributed by atoms with Crippen molar-refractivity contribution in [3.8, 4) is 0 Å². The summed E-state index contributed by atoms with van der Waals surface area (Å²) in [6.07, 6.45) is 2.66. The van der Waals surface area contributed by atoms with Crippen LogP contribution in [0.3, 0.4) is 0 Å². The minimum atomic E-state index is -0.463. The van der Waals surface area contributed by atoms with Gasteiger partial charge in [0, 0.05) is 11.8 Å². The number of rotatable bonds is 5. The van der Waals surface area contributed by atoms with Crippen molar-refractivity contribution in [1.29, 1.82) is 0 Å². The molecule has 1 atom stereocenters. The van der Waals surface area contributed by atoms with E-state index in [-0.39, 0.29) is 5.91 Å². The zero-order valence-electron chi connectivity index (χ0n) is 8.91. The van der Waals surface area contributed by atoms with Crippen molar-refractivity contribution in [2.45, 2.75) is 19.4 Å². The quantitative estimate of drug-likeness (QED) is 0.694. The van der Waals surface area contributed by atoms with E-state index < -0.39 is 6.04 Å². The standard InChI is InChI=1S/C9H16N4OS/c1-6-5-8(13-12-6)11-9(14)7(10)3-4-15-2/h5,7H,3-4,10H2,1-2H3,(H2,11,12,13,14)/t7-/m0/s1. The lowest BCUT2D eigenvalue weighted by atomic mass is 10.2. The smallest absolute Gasteiger partial charge is 0.242 e. The van der Waals surface area contributed by atoms with Crippen molar-refractivity contribution in [2.75, 3.05) is 17.3 Å². The van der Waals surface area contributed by atoms with Crippen molar-refractivity contribution >= 4 is 23.5 Å². The van der Waals surface area contributed by atoms with E-state index in [1.165, 1.54) is 0 Å². The average molecular weight is 228 g/mol. The van der Waals surface area contributed by atoms with Gasteiger partial charge in [-0.15, -0.1) is 0 Å². The van der Waals surface area contributed by atoms with Crippen LogP contribution in [0.15, 0.2) is 6.07 Å². The van der Waals surface area contributed by atoms with Gasteiger partial charge in [0.1, 0.15) is 0 Å². The van der Waals surface area contributed by atoms with Gasteiger partial charge in [0.2, 0.25) is 5.91 Å². The largest absolute Gasteiger partial charge is 0.320 e. The number of anilines is 1. The molecule has 0 saturated heterocycles. The molecule has 6 heteroatoms. The first-order valence-corrected chi connectivity index (χ1v) is 6.10. The van der Waals surface area contributed by atoms with Gasteiger partial charge in [-0.1, -0.05) is 0 Å². The van der Waals surface area contributed by atoms with Gasteiger partial charge in [0.15, 0.2) is 5.82 Å². The first-order chi connectivity index (χ1) is 7.13. The number of hydrogen-bond donors (Lipinski definition) is 3. The molecule has 0 spiro atoms. The molecule has 0 unspecified atom stereocenters. The van der Waals surface area contributed by atoms with Crippen molar-refractivity contribution in [3.05, 3.63) is 11.8 Å². The van der Waals surface area contributed by atoms with E-state index >= 15 is 0 Å². The van der Waals surface area contributed by atoms with Crippen LogP contribution in [0.4, 0.5) is 5.82 Å². The second-order valence-corrected chi connectivity index (χ2v) is 4.30. The summed E-state index contributed by atoms with van der Waals surface area (Å²) in [6.45, 7) is 1.87. The lowest BCUT2D eigenvalue weighted by molar-refractivity contribution is -0.117. The van der Waals surface area contributed by atoms with Gasteiger partial charge in [-0.25, -0.2) is 0 Å². The molecule has 5 nitrogen and oxygen atoms in total. The Kier molecular flexibility index (Phi) is 4.64. The number of thioether (sulfide) groups is 1. The van der Waals surface area contributed by atoms with Crippen molar-refractivity contribution in [2.24, 2.45) is 5.73 Å². The number of nitrogens with zero attached hydrogens (tertiary/aromatic N) is 1. The highest BCUT2D eigenvalue weighted by molar-refractivity contribution is 7.98. The van der Waals surface area contributed by atoms with Crippen LogP contribution in [0.1, 0.15) is 12.1 Å². The van der Waals surface area contributed by atoms with Gasteiger partial charge in [0.25, 0.3) is 0 Å². The highest BCUT2D eigenvalue weighted by Crippen LogP contribution is 2.05. The summed E-state index contributed by atoms with van der Waals surface area (Å²) in [5.41, 5.74) is 6.60. The third-order valence-corrected chi connectivity index (χ3v) is 2.57. The van der Waals surface area contributed by atoms with Crippen molar-refractivity contribution in [3.63, 3.8) is 0 Å². The number of carbonyl (C=O) groups is 1. The summed E-state index contributed by atoms with van der Waals surface area (Å²) in [6, 6.07) is 1.30. The average Bonchev–Trinajstić information content (AvgIpc) is 2.60. The van der Waals surface area contributed by atoms with E-state index in [9.17, 15) is 4.79 Å². The first kappa shape index (κ1) is 12.1. The van der Waals surface area contributed by atoms with Gasteiger partial charge >= 0.3 is 0 Å². The van der Waals surface area contributed by atoms with Gasteiger partial charge in [-0.3, -0.25) is 9.89 Å². The van der Waals surface area contributed by atoms with Gasteiger partial charge in [0.05, 0.1) is 6.04 Å². The molecular weight excluding hydrogens is 212 g/mol. The number of H-pyrrole nitrogens is 1. The predicted molar refractivity (Wildman–Crippen MR) is 62.9 cm³/mol. The number of aryl methyl sites for hydroxylation is 1. The van der Waals surface area contributed by atoms with Crippen LogP contribution in [0.5, 0.6) is 0 Å². The minimum Gasteiger partial charge on any atom is -0.320 e. The van der Waals surface area contributed by atoms with Crippen LogP contribution in [0.2, 0.25) is 0 Å². The van der Waals surface area contributed by atoms with E-state index in [0.29, 0.717) is 12.2 Å². The third-order valence-electron chi connectivity index (χ3n) is 1.93. The van der Waals surface area contributed by atoms with Crippen LogP contribution in [-0.4, -0.2) is 34.2 Å². The number of hydrogen-bond acceptors (Lipinski definition) is 4. The normalized spacial score (nSPS) is 12.5. The van der Waals surface area contributed by atoms with Gasteiger partial charge in [-0.2, -0.15) is 16.9 Å². The Bertz CT molecular complexity index is 326. The van der Waals surface area contributed by atoms with E-state index in [0.717, 1.165) is 11.4 Å². The SMILES string of the molecule is CSCC[C@H](N)C(=O)Nc1cc(C)[nH]n1. The molecule has 1 heterocycles. The van der Waals surface area contributed by atoms with E-state index in [2.05, 4.69) is 15.5 Å². The number of carbonyl (C=O) groups excluding carboxylic acids is 1. The van der Waals surface area contributed by atoms with Crippen LogP contribution < -0.4 is 11.1 Å². The molecular formula is C9H16N4OS. The Hall–Kier alpha value is -1.01. The molecule has 84 valence electrons. The Labute approximate surface area is 93.2 Å².